The Hall–Kier alpha value is -3.21. The van der Waals surface area contributed by atoms with Crippen LogP contribution < -0.4 is 10.6 Å². The monoisotopic (exact) mass is 401 g/mol. The molecule has 2 amide bonds. The minimum Gasteiger partial charge on any atom is -0.352 e. The first-order valence-electron chi connectivity index (χ1n) is 10.6. The Morgan fingerprint density at radius 2 is 1.93 bits per heavy atom. The Bertz CT molecular complexity index is 1140. The van der Waals surface area contributed by atoms with Gasteiger partial charge in [-0.1, -0.05) is 31.2 Å². The summed E-state index contributed by atoms with van der Waals surface area (Å²) in [6, 6.07) is 13.2. The van der Waals surface area contributed by atoms with Gasteiger partial charge in [-0.25, -0.2) is 0 Å². The number of nitrogens with one attached hydrogen (secondary N) is 2. The molecule has 3 aromatic rings. The fraction of sp³-hybridized carbons (Fsp3) is 0.320. The number of aryl methyl sites for hydroxylation is 2. The van der Waals surface area contributed by atoms with E-state index in [0.29, 0.717) is 29.3 Å². The number of hydrogen-bond acceptors (Lipinski definition) is 3. The number of hydrogen-bond donors (Lipinski definition) is 2. The zero-order valence-corrected chi connectivity index (χ0v) is 17.7. The van der Waals surface area contributed by atoms with Crippen LogP contribution in [-0.4, -0.2) is 23.3 Å². The van der Waals surface area contributed by atoms with Gasteiger partial charge >= 0.3 is 0 Å². The second-order valence-corrected chi connectivity index (χ2v) is 8.12. The largest absolute Gasteiger partial charge is 0.352 e. The van der Waals surface area contributed by atoms with Crippen LogP contribution in [0.4, 0.5) is 5.69 Å². The van der Waals surface area contributed by atoms with Gasteiger partial charge in [-0.05, 0) is 68.4 Å². The van der Waals surface area contributed by atoms with Crippen LogP contribution in [-0.2, 0) is 12.8 Å². The summed E-state index contributed by atoms with van der Waals surface area (Å²) in [6.07, 6.45) is 2.84. The summed E-state index contributed by atoms with van der Waals surface area (Å²) < 4.78 is 0. The number of amides is 2. The maximum atomic E-state index is 13.5. The highest BCUT2D eigenvalue weighted by Gasteiger charge is 2.25. The molecule has 0 radical (unpaired) electrons. The molecule has 0 saturated heterocycles. The second kappa shape index (κ2) is 8.27. The van der Waals surface area contributed by atoms with Crippen molar-refractivity contribution in [3.63, 3.8) is 0 Å². The molecule has 0 spiro atoms. The Kier molecular flexibility index (Phi) is 5.53. The fourth-order valence-corrected chi connectivity index (χ4v) is 4.17. The predicted molar refractivity (Wildman–Crippen MR) is 120 cm³/mol. The minimum atomic E-state index is -0.145. The zero-order valence-electron chi connectivity index (χ0n) is 17.7. The lowest BCUT2D eigenvalue weighted by Crippen LogP contribution is -2.24. The molecule has 2 N–H and O–H groups in total. The summed E-state index contributed by atoms with van der Waals surface area (Å²) in [5, 5.41) is 6.75. The maximum absolute atomic E-state index is 13.5. The molecule has 1 atom stereocenters. The summed E-state index contributed by atoms with van der Waals surface area (Å²) in [7, 11) is 0. The van der Waals surface area contributed by atoms with Crippen LogP contribution in [0.5, 0.6) is 0 Å². The van der Waals surface area contributed by atoms with Crippen molar-refractivity contribution in [3.05, 3.63) is 70.4 Å². The van der Waals surface area contributed by atoms with Gasteiger partial charge < -0.3 is 10.6 Å². The van der Waals surface area contributed by atoms with E-state index in [1.807, 2.05) is 44.2 Å². The predicted octanol–water partition coefficient (Wildman–Crippen LogP) is 4.67. The first kappa shape index (κ1) is 20.1. The van der Waals surface area contributed by atoms with Gasteiger partial charge in [0.1, 0.15) is 0 Å². The van der Waals surface area contributed by atoms with E-state index in [2.05, 4.69) is 17.6 Å². The lowest BCUT2D eigenvalue weighted by atomic mass is 9.84. The number of aromatic nitrogens is 1. The first-order valence-corrected chi connectivity index (χ1v) is 10.6. The molecule has 0 aliphatic heterocycles. The zero-order chi connectivity index (χ0) is 21.3. The van der Waals surface area contributed by atoms with Crippen LogP contribution in [0.1, 0.15) is 57.8 Å². The van der Waals surface area contributed by atoms with Crippen LogP contribution in [0.2, 0.25) is 0 Å². The summed E-state index contributed by atoms with van der Waals surface area (Å²) in [4.78, 5) is 30.6. The average molecular weight is 402 g/mol. The molecule has 5 nitrogen and oxygen atoms in total. The SMILES string of the molecule is CCNC(=O)c1ccc(C)c(NC(=O)c2c3c(nc4ccccc24)CCC(C)C3)c1. The molecule has 1 aliphatic carbocycles. The van der Waals surface area contributed by atoms with E-state index in [-0.39, 0.29) is 11.8 Å². The number of carbonyl (C=O) groups excluding carboxylic acids is 2. The quantitative estimate of drug-likeness (QED) is 0.667. The minimum absolute atomic E-state index is 0.143. The number of fused-ring (bicyclic) bond motifs is 2. The molecule has 0 bridgehead atoms. The van der Waals surface area contributed by atoms with Crippen molar-refractivity contribution >= 4 is 28.4 Å². The standard InChI is InChI=1S/C25H27N3O2/c1-4-26-24(29)17-11-10-16(3)22(14-17)28-25(30)23-18-7-5-6-8-20(18)27-21-12-9-15(2)13-19(21)23/h5-8,10-11,14-15H,4,9,12-13H2,1-3H3,(H,26,29)(H,28,30). The number of rotatable bonds is 4. The molecular weight excluding hydrogens is 374 g/mol. The van der Waals surface area contributed by atoms with Gasteiger partial charge in [0.05, 0.1) is 11.1 Å². The van der Waals surface area contributed by atoms with Gasteiger partial charge in [-0.3, -0.25) is 14.6 Å². The third-order valence-electron chi connectivity index (χ3n) is 5.82. The van der Waals surface area contributed by atoms with Crippen molar-refractivity contribution in [2.75, 3.05) is 11.9 Å². The molecule has 1 heterocycles. The van der Waals surface area contributed by atoms with E-state index < -0.39 is 0 Å². The Balaban J connectivity index is 1.77. The van der Waals surface area contributed by atoms with Gasteiger partial charge in [-0.2, -0.15) is 0 Å². The van der Waals surface area contributed by atoms with Gasteiger partial charge in [0, 0.05) is 28.9 Å². The van der Waals surface area contributed by atoms with E-state index >= 15 is 0 Å². The lowest BCUT2D eigenvalue weighted by molar-refractivity contribution is 0.0954. The Morgan fingerprint density at radius 3 is 2.73 bits per heavy atom. The van der Waals surface area contributed by atoms with E-state index in [4.69, 9.17) is 4.98 Å². The molecule has 1 aliphatic rings. The van der Waals surface area contributed by atoms with Gasteiger partial charge in [-0.15, -0.1) is 0 Å². The average Bonchev–Trinajstić information content (AvgIpc) is 2.73. The highest BCUT2D eigenvalue weighted by atomic mass is 16.2. The molecule has 30 heavy (non-hydrogen) atoms. The number of anilines is 1. The smallest absolute Gasteiger partial charge is 0.256 e. The van der Waals surface area contributed by atoms with Crippen LogP contribution in [0.15, 0.2) is 42.5 Å². The van der Waals surface area contributed by atoms with Crippen LogP contribution >= 0.6 is 0 Å². The maximum Gasteiger partial charge on any atom is 0.256 e. The number of para-hydroxylation sites is 1. The van der Waals surface area contributed by atoms with Crippen molar-refractivity contribution in [3.8, 4) is 0 Å². The van der Waals surface area contributed by atoms with Gasteiger partial charge in [0.15, 0.2) is 0 Å². The molecular formula is C25H27N3O2. The van der Waals surface area contributed by atoms with Crippen molar-refractivity contribution in [1.82, 2.24) is 10.3 Å². The fourth-order valence-electron chi connectivity index (χ4n) is 4.17. The van der Waals surface area contributed by atoms with Crippen LogP contribution in [0, 0.1) is 12.8 Å². The summed E-state index contributed by atoms with van der Waals surface area (Å²) in [5.41, 5.74) is 5.76. The number of benzene rings is 2. The molecule has 154 valence electrons. The summed E-state index contributed by atoms with van der Waals surface area (Å²) >= 11 is 0. The Labute approximate surface area is 176 Å². The lowest BCUT2D eigenvalue weighted by Gasteiger charge is -2.24. The van der Waals surface area contributed by atoms with Crippen LogP contribution in [0.25, 0.3) is 10.9 Å². The van der Waals surface area contributed by atoms with Crippen LogP contribution in [0.3, 0.4) is 0 Å². The molecule has 1 aromatic heterocycles. The van der Waals surface area contributed by atoms with Gasteiger partial charge in [0.2, 0.25) is 0 Å². The summed E-state index contributed by atoms with van der Waals surface area (Å²) in [5.74, 6) is 0.235. The first-order chi connectivity index (χ1) is 14.5. The number of nitrogens with zero attached hydrogens (tertiary/aromatic N) is 1. The van der Waals surface area contributed by atoms with E-state index in [9.17, 15) is 9.59 Å². The highest BCUT2D eigenvalue weighted by molar-refractivity contribution is 6.14. The number of carbonyl (C=O) groups is 2. The second-order valence-electron chi connectivity index (χ2n) is 8.12. The van der Waals surface area contributed by atoms with E-state index in [1.54, 1.807) is 12.1 Å². The highest BCUT2D eigenvalue weighted by Crippen LogP contribution is 2.32. The summed E-state index contributed by atoms with van der Waals surface area (Å²) in [6.45, 7) is 6.59. The molecule has 1 unspecified atom stereocenters. The van der Waals surface area contributed by atoms with E-state index in [1.165, 1.54) is 0 Å². The molecule has 5 heteroatoms. The van der Waals surface area contributed by atoms with E-state index in [0.717, 1.165) is 47.0 Å². The molecule has 2 aromatic carbocycles. The third kappa shape index (κ3) is 3.80. The van der Waals surface area contributed by atoms with Crippen molar-refractivity contribution in [2.45, 2.75) is 40.0 Å². The van der Waals surface area contributed by atoms with Gasteiger partial charge in [0.25, 0.3) is 11.8 Å². The van der Waals surface area contributed by atoms with Crippen molar-refractivity contribution in [2.24, 2.45) is 5.92 Å². The molecule has 0 fully saturated rings. The third-order valence-corrected chi connectivity index (χ3v) is 5.82. The Morgan fingerprint density at radius 1 is 1.13 bits per heavy atom. The number of pyridine rings is 1. The molecule has 4 rings (SSSR count). The van der Waals surface area contributed by atoms with Crippen molar-refractivity contribution in [1.29, 1.82) is 0 Å². The molecule has 0 saturated carbocycles. The normalized spacial score (nSPS) is 15.5. The van der Waals surface area contributed by atoms with Crippen molar-refractivity contribution < 1.29 is 9.59 Å². The topological polar surface area (TPSA) is 71.1 Å².